The SMILES string of the molecule is COc1ccc(-c2cn3ncc(Br)c3c(O[C@H](C)[C@H]3CNC(=O)C3)n2)cc1OC. The number of nitrogens with zero attached hydrogens (tertiary/aromatic N) is 3. The minimum absolute atomic E-state index is 0.0492. The molecule has 1 amide bonds. The zero-order valence-electron chi connectivity index (χ0n) is 16.3. The summed E-state index contributed by atoms with van der Waals surface area (Å²) < 4.78 is 19.4. The molecule has 8 nitrogen and oxygen atoms in total. The molecule has 3 aromatic rings. The number of carbonyl (C=O) groups is 1. The highest BCUT2D eigenvalue weighted by atomic mass is 79.9. The van der Waals surface area contributed by atoms with Crippen LogP contribution in [-0.2, 0) is 4.79 Å². The van der Waals surface area contributed by atoms with Crippen molar-refractivity contribution in [2.75, 3.05) is 20.8 Å². The maximum atomic E-state index is 11.6. The molecule has 0 aliphatic carbocycles. The number of benzene rings is 1. The van der Waals surface area contributed by atoms with Crippen molar-refractivity contribution in [1.29, 1.82) is 0 Å². The molecule has 0 spiro atoms. The van der Waals surface area contributed by atoms with E-state index in [1.165, 1.54) is 0 Å². The number of methoxy groups -OCH3 is 2. The lowest BCUT2D eigenvalue weighted by molar-refractivity contribution is -0.119. The van der Waals surface area contributed by atoms with Gasteiger partial charge in [-0.2, -0.15) is 5.10 Å². The van der Waals surface area contributed by atoms with Crippen LogP contribution in [0.1, 0.15) is 13.3 Å². The molecule has 0 unspecified atom stereocenters. The first kappa shape index (κ1) is 19.5. The van der Waals surface area contributed by atoms with E-state index in [1.54, 1.807) is 24.9 Å². The van der Waals surface area contributed by atoms with E-state index in [4.69, 9.17) is 19.2 Å². The fourth-order valence-corrected chi connectivity index (χ4v) is 3.84. The maximum absolute atomic E-state index is 11.6. The Labute approximate surface area is 176 Å². The number of carbonyl (C=O) groups excluding carboxylic acids is 1. The molecule has 1 saturated heterocycles. The monoisotopic (exact) mass is 460 g/mol. The molecule has 1 N–H and O–H groups in total. The van der Waals surface area contributed by atoms with Gasteiger partial charge in [-0.3, -0.25) is 4.79 Å². The number of ether oxygens (including phenoxy) is 3. The Morgan fingerprint density at radius 3 is 2.76 bits per heavy atom. The van der Waals surface area contributed by atoms with E-state index in [-0.39, 0.29) is 17.9 Å². The second kappa shape index (κ2) is 7.90. The van der Waals surface area contributed by atoms with Crippen LogP contribution in [0.3, 0.4) is 0 Å². The smallest absolute Gasteiger partial charge is 0.242 e. The third-order valence-corrected chi connectivity index (χ3v) is 5.65. The summed E-state index contributed by atoms with van der Waals surface area (Å²) in [7, 11) is 3.19. The number of hydrogen-bond donors (Lipinski definition) is 1. The molecule has 1 aliphatic rings. The standard InChI is InChI=1S/C20H21BrN4O4/c1-11(13-7-18(26)22-8-13)29-20-19-14(21)9-23-25(19)10-15(24-20)12-4-5-16(27-2)17(6-12)28-3/h4-6,9-11,13H,7-8H2,1-3H3,(H,22,26)/t11-,13-/m1/s1. The summed E-state index contributed by atoms with van der Waals surface area (Å²) in [4.78, 5) is 16.3. The molecule has 2 atom stereocenters. The van der Waals surface area contributed by atoms with Gasteiger partial charge in [-0.1, -0.05) is 0 Å². The second-order valence-corrected chi connectivity index (χ2v) is 7.73. The molecule has 0 saturated carbocycles. The van der Waals surface area contributed by atoms with E-state index in [0.29, 0.717) is 36.0 Å². The molecule has 4 rings (SSSR count). The molecule has 152 valence electrons. The summed E-state index contributed by atoms with van der Waals surface area (Å²) >= 11 is 3.52. The lowest BCUT2D eigenvalue weighted by Crippen LogP contribution is -2.26. The Hall–Kier alpha value is -2.81. The Morgan fingerprint density at radius 2 is 2.07 bits per heavy atom. The Bertz CT molecular complexity index is 1070. The zero-order valence-corrected chi connectivity index (χ0v) is 17.9. The van der Waals surface area contributed by atoms with Gasteiger partial charge in [0, 0.05) is 24.4 Å². The predicted octanol–water partition coefficient (Wildman–Crippen LogP) is 3.08. The van der Waals surface area contributed by atoms with Gasteiger partial charge in [0.1, 0.15) is 11.6 Å². The number of amides is 1. The van der Waals surface area contributed by atoms with Gasteiger partial charge in [-0.15, -0.1) is 0 Å². The van der Waals surface area contributed by atoms with Gasteiger partial charge < -0.3 is 19.5 Å². The van der Waals surface area contributed by atoms with Gasteiger partial charge in [-0.05, 0) is 41.1 Å². The van der Waals surface area contributed by atoms with Crippen molar-refractivity contribution >= 4 is 27.4 Å². The summed E-state index contributed by atoms with van der Waals surface area (Å²) in [6, 6.07) is 5.59. The molecule has 0 bridgehead atoms. The molecule has 3 heterocycles. The van der Waals surface area contributed by atoms with Crippen LogP contribution in [0.4, 0.5) is 0 Å². The van der Waals surface area contributed by atoms with Gasteiger partial charge in [0.05, 0.1) is 36.8 Å². The van der Waals surface area contributed by atoms with Crippen LogP contribution >= 0.6 is 15.9 Å². The Morgan fingerprint density at radius 1 is 1.28 bits per heavy atom. The van der Waals surface area contributed by atoms with Crippen molar-refractivity contribution in [3.8, 4) is 28.6 Å². The first-order valence-electron chi connectivity index (χ1n) is 9.19. The highest BCUT2D eigenvalue weighted by Crippen LogP contribution is 2.35. The molecular weight excluding hydrogens is 440 g/mol. The topological polar surface area (TPSA) is 87.0 Å². The summed E-state index contributed by atoms with van der Waals surface area (Å²) in [6.45, 7) is 2.56. The minimum Gasteiger partial charge on any atom is -0.493 e. The second-order valence-electron chi connectivity index (χ2n) is 6.88. The number of aromatic nitrogens is 3. The maximum Gasteiger partial charge on any atom is 0.242 e. The number of halogens is 1. The van der Waals surface area contributed by atoms with E-state index in [0.717, 1.165) is 15.6 Å². The van der Waals surface area contributed by atoms with Crippen LogP contribution in [0, 0.1) is 5.92 Å². The molecule has 9 heteroatoms. The average molecular weight is 461 g/mol. The van der Waals surface area contributed by atoms with Crippen LogP contribution in [0.5, 0.6) is 17.4 Å². The predicted molar refractivity (Wildman–Crippen MR) is 110 cm³/mol. The highest BCUT2D eigenvalue weighted by molar-refractivity contribution is 9.10. The number of hydrogen-bond acceptors (Lipinski definition) is 6. The van der Waals surface area contributed by atoms with E-state index in [2.05, 4.69) is 26.3 Å². The molecule has 1 aliphatic heterocycles. The van der Waals surface area contributed by atoms with Crippen molar-refractivity contribution in [2.45, 2.75) is 19.4 Å². The van der Waals surface area contributed by atoms with Crippen molar-refractivity contribution in [3.63, 3.8) is 0 Å². The van der Waals surface area contributed by atoms with E-state index in [1.807, 2.05) is 31.3 Å². The van der Waals surface area contributed by atoms with E-state index < -0.39 is 0 Å². The van der Waals surface area contributed by atoms with Crippen LogP contribution in [0.15, 0.2) is 35.1 Å². The lowest BCUT2D eigenvalue weighted by Gasteiger charge is -2.20. The lowest BCUT2D eigenvalue weighted by atomic mass is 10.0. The molecule has 2 aromatic heterocycles. The molecule has 0 radical (unpaired) electrons. The highest BCUT2D eigenvalue weighted by Gasteiger charge is 2.29. The fourth-order valence-electron chi connectivity index (χ4n) is 3.39. The minimum atomic E-state index is -0.187. The number of fused-ring (bicyclic) bond motifs is 1. The van der Waals surface area contributed by atoms with Crippen LogP contribution < -0.4 is 19.5 Å². The van der Waals surface area contributed by atoms with Crippen molar-refractivity contribution in [1.82, 2.24) is 19.9 Å². The zero-order chi connectivity index (χ0) is 20.5. The largest absolute Gasteiger partial charge is 0.493 e. The molecule has 1 aromatic carbocycles. The Balaban J connectivity index is 1.74. The molecular formula is C20H21BrN4O4. The Kier molecular flexibility index (Phi) is 5.31. The summed E-state index contributed by atoms with van der Waals surface area (Å²) in [5.41, 5.74) is 2.25. The molecule has 29 heavy (non-hydrogen) atoms. The van der Waals surface area contributed by atoms with Crippen LogP contribution in [0.2, 0.25) is 0 Å². The summed E-state index contributed by atoms with van der Waals surface area (Å²) in [5, 5.41) is 7.23. The van der Waals surface area contributed by atoms with Crippen LogP contribution in [-0.4, -0.2) is 47.4 Å². The normalized spacial score (nSPS) is 17.2. The van der Waals surface area contributed by atoms with E-state index in [9.17, 15) is 4.79 Å². The van der Waals surface area contributed by atoms with Crippen molar-refractivity contribution in [3.05, 3.63) is 35.1 Å². The number of rotatable bonds is 6. The fraction of sp³-hybridized carbons (Fsp3) is 0.350. The quantitative estimate of drug-likeness (QED) is 0.607. The van der Waals surface area contributed by atoms with Gasteiger partial charge >= 0.3 is 0 Å². The van der Waals surface area contributed by atoms with Gasteiger partial charge in [-0.25, -0.2) is 9.50 Å². The first-order chi connectivity index (χ1) is 14.0. The van der Waals surface area contributed by atoms with Gasteiger partial charge in [0.25, 0.3) is 0 Å². The van der Waals surface area contributed by atoms with Crippen molar-refractivity contribution < 1.29 is 19.0 Å². The number of nitrogens with one attached hydrogen (secondary N) is 1. The van der Waals surface area contributed by atoms with Crippen LogP contribution in [0.25, 0.3) is 16.8 Å². The summed E-state index contributed by atoms with van der Waals surface area (Å²) in [6.07, 6.45) is 3.80. The molecule has 1 fully saturated rings. The van der Waals surface area contributed by atoms with Gasteiger partial charge in [0.15, 0.2) is 11.5 Å². The summed E-state index contributed by atoms with van der Waals surface area (Å²) in [5.74, 6) is 1.85. The van der Waals surface area contributed by atoms with Gasteiger partial charge in [0.2, 0.25) is 11.8 Å². The van der Waals surface area contributed by atoms with E-state index >= 15 is 0 Å². The average Bonchev–Trinajstić information content (AvgIpc) is 3.33. The third-order valence-electron chi connectivity index (χ3n) is 5.07. The third kappa shape index (κ3) is 3.74. The first-order valence-corrected chi connectivity index (χ1v) is 9.99. The van der Waals surface area contributed by atoms with Crippen molar-refractivity contribution in [2.24, 2.45) is 5.92 Å².